The van der Waals surface area contributed by atoms with Gasteiger partial charge in [0.1, 0.15) is 0 Å². The highest BCUT2D eigenvalue weighted by atomic mass is 32.2. The number of unbranched alkanes of at least 4 members (excludes halogenated alkanes) is 11. The highest BCUT2D eigenvalue weighted by molar-refractivity contribution is 7.86. The Morgan fingerprint density at radius 2 is 1.04 bits per heavy atom. The Kier molecular flexibility index (Phi) is 16.0. The molecule has 2 N–H and O–H groups in total. The average molecular weight is 379 g/mol. The number of aliphatic hydroxyl groups excluding tert-OH is 1. The monoisotopic (exact) mass is 378 g/mol. The second-order valence-corrected chi connectivity index (χ2v) is 9.29. The molecule has 0 aliphatic carbocycles. The van der Waals surface area contributed by atoms with Crippen LogP contribution in [-0.4, -0.2) is 29.4 Å². The van der Waals surface area contributed by atoms with Crippen LogP contribution < -0.4 is 0 Å². The van der Waals surface area contributed by atoms with Crippen LogP contribution in [0.2, 0.25) is 0 Å². The number of aliphatic hydroxyl groups is 1. The minimum Gasteiger partial charge on any atom is -0.393 e. The molecule has 0 aromatic heterocycles. The molecule has 2 atom stereocenters. The maximum atomic E-state index is 11.5. The fourth-order valence-electron chi connectivity index (χ4n) is 3.29. The lowest BCUT2D eigenvalue weighted by atomic mass is 10.0. The van der Waals surface area contributed by atoms with Gasteiger partial charge in [-0.3, -0.25) is 4.55 Å². The van der Waals surface area contributed by atoms with Gasteiger partial charge in [-0.25, -0.2) is 0 Å². The summed E-state index contributed by atoms with van der Waals surface area (Å²) in [6, 6.07) is 0. The van der Waals surface area contributed by atoms with Crippen molar-refractivity contribution < 1.29 is 18.1 Å². The minimum atomic E-state index is -3.90. The molecule has 4 nitrogen and oxygen atoms in total. The van der Waals surface area contributed by atoms with E-state index in [-0.39, 0.29) is 6.10 Å². The minimum absolute atomic E-state index is 0.206. The van der Waals surface area contributed by atoms with E-state index in [1.165, 1.54) is 32.1 Å². The highest BCUT2D eigenvalue weighted by Crippen LogP contribution is 2.19. The van der Waals surface area contributed by atoms with Crippen molar-refractivity contribution in [1.82, 2.24) is 0 Å². The zero-order valence-electron chi connectivity index (χ0n) is 16.6. The summed E-state index contributed by atoms with van der Waals surface area (Å²) in [6.07, 6.45) is 16.3. The molecule has 2 unspecified atom stereocenters. The lowest BCUT2D eigenvalue weighted by Crippen LogP contribution is -2.20. The molecule has 0 rings (SSSR count). The van der Waals surface area contributed by atoms with E-state index in [4.69, 9.17) is 0 Å². The van der Waals surface area contributed by atoms with Crippen molar-refractivity contribution in [3.05, 3.63) is 0 Å². The molecule has 0 aliphatic rings. The predicted molar refractivity (Wildman–Crippen MR) is 107 cm³/mol. The first-order valence-corrected chi connectivity index (χ1v) is 12.0. The lowest BCUT2D eigenvalue weighted by molar-refractivity contribution is 0.180. The molecule has 0 aliphatic heterocycles. The normalized spacial score (nSPS) is 14.6. The Morgan fingerprint density at radius 1 is 0.680 bits per heavy atom. The van der Waals surface area contributed by atoms with Gasteiger partial charge in [-0.2, -0.15) is 8.42 Å². The molecule has 0 bridgehead atoms. The van der Waals surface area contributed by atoms with Crippen LogP contribution in [0.1, 0.15) is 117 Å². The summed E-state index contributed by atoms with van der Waals surface area (Å²) in [4.78, 5) is 0. The maximum Gasteiger partial charge on any atom is 0.267 e. The molecule has 0 saturated carbocycles. The van der Waals surface area contributed by atoms with Crippen LogP contribution in [-0.2, 0) is 10.1 Å². The van der Waals surface area contributed by atoms with Crippen LogP contribution in [0.3, 0.4) is 0 Å². The molecule has 5 heteroatoms. The van der Waals surface area contributed by atoms with Gasteiger partial charge in [0.2, 0.25) is 0 Å². The van der Waals surface area contributed by atoms with Gasteiger partial charge in [0.05, 0.1) is 11.4 Å². The smallest absolute Gasteiger partial charge is 0.267 e. The number of rotatable bonds is 18. The molecule has 0 amide bonds. The van der Waals surface area contributed by atoms with Gasteiger partial charge >= 0.3 is 0 Å². The second kappa shape index (κ2) is 16.1. The Balaban J connectivity index is 3.73. The Morgan fingerprint density at radius 3 is 1.40 bits per heavy atom. The van der Waals surface area contributed by atoms with Gasteiger partial charge in [-0.15, -0.1) is 0 Å². The largest absolute Gasteiger partial charge is 0.393 e. The van der Waals surface area contributed by atoms with Crippen molar-refractivity contribution in [1.29, 1.82) is 0 Å². The van der Waals surface area contributed by atoms with Crippen LogP contribution >= 0.6 is 0 Å². The summed E-state index contributed by atoms with van der Waals surface area (Å²) < 4.78 is 32.5. The number of hydrogen-bond acceptors (Lipinski definition) is 3. The topological polar surface area (TPSA) is 74.6 Å². The van der Waals surface area contributed by atoms with Crippen molar-refractivity contribution >= 4 is 10.1 Å². The molecular weight excluding hydrogens is 336 g/mol. The van der Waals surface area contributed by atoms with E-state index in [0.717, 1.165) is 57.8 Å². The molecule has 0 aromatic carbocycles. The van der Waals surface area contributed by atoms with Gasteiger partial charge in [-0.05, 0) is 26.2 Å². The Labute approximate surface area is 156 Å². The predicted octanol–water partition coefficient (Wildman–Crippen LogP) is 5.89. The number of hydrogen-bond donors (Lipinski definition) is 2. The van der Waals surface area contributed by atoms with Gasteiger partial charge in [-0.1, -0.05) is 90.4 Å². The fourth-order valence-corrected chi connectivity index (χ4v) is 4.22. The summed E-state index contributed by atoms with van der Waals surface area (Å²) in [5, 5.41) is 8.62. The molecule has 0 fully saturated rings. The van der Waals surface area contributed by atoms with Crippen LogP contribution in [0.4, 0.5) is 0 Å². The first-order chi connectivity index (χ1) is 11.9. The van der Waals surface area contributed by atoms with E-state index in [1.54, 1.807) is 0 Å². The van der Waals surface area contributed by atoms with Gasteiger partial charge < -0.3 is 5.11 Å². The van der Waals surface area contributed by atoms with E-state index in [2.05, 4.69) is 6.92 Å². The summed E-state index contributed by atoms with van der Waals surface area (Å²) in [7, 11) is -3.90. The fraction of sp³-hybridized carbons (Fsp3) is 1.00. The summed E-state index contributed by atoms with van der Waals surface area (Å²) in [5.74, 6) is 0. The van der Waals surface area contributed by atoms with Gasteiger partial charge in [0, 0.05) is 0 Å². The van der Waals surface area contributed by atoms with Crippen LogP contribution in [0, 0.1) is 0 Å². The van der Waals surface area contributed by atoms with E-state index >= 15 is 0 Å². The van der Waals surface area contributed by atoms with Crippen LogP contribution in [0.25, 0.3) is 0 Å². The first kappa shape index (κ1) is 24.9. The second-order valence-electron chi connectivity index (χ2n) is 7.59. The van der Waals surface area contributed by atoms with Gasteiger partial charge in [0.15, 0.2) is 0 Å². The third-order valence-corrected chi connectivity index (χ3v) is 6.26. The standard InChI is InChI=1S/C20H42O4S/c1-3-4-5-6-7-11-14-17-20(25(22,23)24)18-15-12-9-8-10-13-16-19(2)21/h19-21H,3-18H2,1-2H3,(H,22,23,24). The molecule has 0 radical (unpaired) electrons. The molecule has 0 saturated heterocycles. The van der Waals surface area contributed by atoms with Crippen LogP contribution in [0.15, 0.2) is 0 Å². The molecular formula is C20H42O4S. The lowest BCUT2D eigenvalue weighted by Gasteiger charge is -2.13. The third-order valence-electron chi connectivity index (χ3n) is 4.95. The Hall–Kier alpha value is -0.130. The van der Waals surface area contributed by atoms with E-state index in [0.29, 0.717) is 12.8 Å². The summed E-state index contributed by atoms with van der Waals surface area (Å²) in [6.45, 7) is 4.02. The van der Waals surface area contributed by atoms with Crippen LogP contribution in [0.5, 0.6) is 0 Å². The van der Waals surface area contributed by atoms with E-state index in [1.807, 2.05) is 6.92 Å². The summed E-state index contributed by atoms with van der Waals surface area (Å²) in [5.41, 5.74) is 0. The van der Waals surface area contributed by atoms with Gasteiger partial charge in [0.25, 0.3) is 10.1 Å². The molecule has 25 heavy (non-hydrogen) atoms. The zero-order chi connectivity index (χ0) is 19.0. The van der Waals surface area contributed by atoms with Crippen molar-refractivity contribution in [2.24, 2.45) is 0 Å². The maximum absolute atomic E-state index is 11.5. The Bertz CT molecular complexity index is 379. The van der Waals surface area contributed by atoms with Crippen molar-refractivity contribution in [2.75, 3.05) is 0 Å². The van der Waals surface area contributed by atoms with E-state index < -0.39 is 15.4 Å². The van der Waals surface area contributed by atoms with Crippen molar-refractivity contribution in [3.8, 4) is 0 Å². The molecule has 0 spiro atoms. The SMILES string of the molecule is CCCCCCCCCC(CCCCCCCCC(C)O)S(=O)(=O)O. The van der Waals surface area contributed by atoms with Crippen molar-refractivity contribution in [3.63, 3.8) is 0 Å². The van der Waals surface area contributed by atoms with Crippen molar-refractivity contribution in [2.45, 2.75) is 128 Å². The highest BCUT2D eigenvalue weighted by Gasteiger charge is 2.21. The average Bonchev–Trinajstić information content (AvgIpc) is 2.53. The quantitative estimate of drug-likeness (QED) is 0.230. The molecule has 0 heterocycles. The van der Waals surface area contributed by atoms with E-state index in [9.17, 15) is 18.1 Å². The first-order valence-electron chi connectivity index (χ1n) is 10.5. The molecule has 152 valence electrons. The molecule has 0 aromatic rings. The summed E-state index contributed by atoms with van der Waals surface area (Å²) >= 11 is 0. The zero-order valence-corrected chi connectivity index (χ0v) is 17.4. The third kappa shape index (κ3) is 17.1.